The topological polar surface area (TPSA) is 93.2 Å². The average Bonchev–Trinajstić information content (AvgIpc) is 3.30. The molecule has 24 heavy (non-hydrogen) atoms. The normalized spacial score (nSPS) is 20.0. The molecule has 1 atom stereocenters. The standard InChI is InChI=1S/C16H19N5O3/c1-23-15-12-7-21(4-2-13(12)17-9-18-15)16(22)11-6-19-20-14(11)10-3-5-24-8-10/h6,9-10H,2-5,7-8H2,1H3,(H,19,20). The van der Waals surface area contributed by atoms with Gasteiger partial charge in [-0.2, -0.15) is 5.10 Å². The molecule has 1 N–H and O–H groups in total. The molecule has 0 radical (unpaired) electrons. The van der Waals surface area contributed by atoms with Gasteiger partial charge in [0.1, 0.15) is 6.33 Å². The van der Waals surface area contributed by atoms with Crippen LogP contribution in [0.25, 0.3) is 0 Å². The van der Waals surface area contributed by atoms with Crippen LogP contribution in [0.3, 0.4) is 0 Å². The van der Waals surface area contributed by atoms with E-state index in [2.05, 4.69) is 20.2 Å². The number of ether oxygens (including phenoxy) is 2. The minimum absolute atomic E-state index is 0.0257. The lowest BCUT2D eigenvalue weighted by molar-refractivity contribution is 0.0729. The molecule has 0 saturated carbocycles. The van der Waals surface area contributed by atoms with Gasteiger partial charge in [0.05, 0.1) is 49.0 Å². The molecule has 1 fully saturated rings. The quantitative estimate of drug-likeness (QED) is 0.900. The molecule has 4 heterocycles. The fraction of sp³-hybridized carbons (Fsp3) is 0.500. The molecule has 0 aromatic carbocycles. The summed E-state index contributed by atoms with van der Waals surface area (Å²) in [4.78, 5) is 23.2. The van der Waals surface area contributed by atoms with E-state index in [0.29, 0.717) is 37.6 Å². The number of amides is 1. The monoisotopic (exact) mass is 329 g/mol. The van der Waals surface area contributed by atoms with E-state index in [1.807, 2.05) is 0 Å². The van der Waals surface area contributed by atoms with E-state index in [0.717, 1.165) is 30.0 Å². The second-order valence-electron chi connectivity index (χ2n) is 6.04. The van der Waals surface area contributed by atoms with Gasteiger partial charge in [-0.25, -0.2) is 9.97 Å². The van der Waals surface area contributed by atoms with Crippen LogP contribution in [0.2, 0.25) is 0 Å². The number of aromatic amines is 1. The Morgan fingerprint density at radius 3 is 3.17 bits per heavy atom. The van der Waals surface area contributed by atoms with Crippen molar-refractivity contribution in [1.82, 2.24) is 25.1 Å². The van der Waals surface area contributed by atoms with Crippen LogP contribution in [-0.4, -0.2) is 57.8 Å². The molecule has 8 nitrogen and oxygen atoms in total. The van der Waals surface area contributed by atoms with E-state index in [9.17, 15) is 4.79 Å². The minimum Gasteiger partial charge on any atom is -0.481 e. The first-order valence-electron chi connectivity index (χ1n) is 8.05. The number of H-pyrrole nitrogens is 1. The van der Waals surface area contributed by atoms with Crippen molar-refractivity contribution in [3.8, 4) is 5.88 Å². The third-order valence-corrected chi connectivity index (χ3v) is 4.68. The lowest BCUT2D eigenvalue weighted by Gasteiger charge is -2.28. The van der Waals surface area contributed by atoms with E-state index in [1.165, 1.54) is 6.33 Å². The van der Waals surface area contributed by atoms with Crippen molar-refractivity contribution < 1.29 is 14.3 Å². The number of nitrogens with zero attached hydrogens (tertiary/aromatic N) is 4. The zero-order valence-electron chi connectivity index (χ0n) is 13.5. The Morgan fingerprint density at radius 1 is 1.46 bits per heavy atom. The summed E-state index contributed by atoms with van der Waals surface area (Å²) in [5, 5.41) is 7.07. The highest BCUT2D eigenvalue weighted by molar-refractivity contribution is 5.95. The first-order chi connectivity index (χ1) is 11.8. The summed E-state index contributed by atoms with van der Waals surface area (Å²) >= 11 is 0. The molecule has 2 aliphatic rings. The highest BCUT2D eigenvalue weighted by atomic mass is 16.5. The van der Waals surface area contributed by atoms with Crippen LogP contribution in [-0.2, 0) is 17.7 Å². The van der Waals surface area contributed by atoms with Crippen molar-refractivity contribution >= 4 is 5.91 Å². The minimum atomic E-state index is -0.0257. The fourth-order valence-corrected chi connectivity index (χ4v) is 3.37. The highest BCUT2D eigenvalue weighted by Crippen LogP contribution is 2.29. The maximum atomic E-state index is 13.0. The van der Waals surface area contributed by atoms with E-state index in [-0.39, 0.29) is 11.8 Å². The zero-order chi connectivity index (χ0) is 16.5. The Bertz CT molecular complexity index is 740. The van der Waals surface area contributed by atoms with Gasteiger partial charge in [0, 0.05) is 25.5 Å². The zero-order valence-corrected chi connectivity index (χ0v) is 13.5. The van der Waals surface area contributed by atoms with E-state index < -0.39 is 0 Å². The molecule has 8 heteroatoms. The lowest BCUT2D eigenvalue weighted by Crippen LogP contribution is -2.37. The summed E-state index contributed by atoms with van der Waals surface area (Å²) < 4.78 is 10.7. The SMILES string of the molecule is COc1ncnc2c1CN(C(=O)c1cn[nH]c1C1CCOC1)CC2. The summed E-state index contributed by atoms with van der Waals surface area (Å²) in [5.41, 5.74) is 3.33. The largest absolute Gasteiger partial charge is 0.481 e. The molecule has 2 aromatic rings. The number of hydrogen-bond acceptors (Lipinski definition) is 6. The van der Waals surface area contributed by atoms with Gasteiger partial charge in [0.2, 0.25) is 5.88 Å². The molecule has 0 aliphatic carbocycles. The number of hydrogen-bond donors (Lipinski definition) is 1. The number of fused-ring (bicyclic) bond motifs is 1. The maximum absolute atomic E-state index is 13.0. The first-order valence-corrected chi connectivity index (χ1v) is 8.05. The summed E-state index contributed by atoms with van der Waals surface area (Å²) in [5.74, 6) is 0.720. The van der Waals surface area contributed by atoms with E-state index in [1.54, 1.807) is 18.2 Å². The Hall–Kier alpha value is -2.48. The van der Waals surface area contributed by atoms with Crippen molar-refractivity contribution in [2.45, 2.75) is 25.3 Å². The number of carbonyl (C=O) groups excluding carboxylic acids is 1. The molecule has 126 valence electrons. The summed E-state index contributed by atoms with van der Waals surface area (Å²) in [6.45, 7) is 2.43. The summed E-state index contributed by atoms with van der Waals surface area (Å²) in [7, 11) is 1.58. The number of methoxy groups -OCH3 is 1. The molecule has 1 saturated heterocycles. The van der Waals surface area contributed by atoms with Gasteiger partial charge in [-0.3, -0.25) is 9.89 Å². The van der Waals surface area contributed by atoms with Crippen molar-refractivity contribution in [2.75, 3.05) is 26.9 Å². The van der Waals surface area contributed by atoms with Crippen LogP contribution in [0.4, 0.5) is 0 Å². The second kappa shape index (κ2) is 6.20. The molecule has 4 rings (SSSR count). The van der Waals surface area contributed by atoms with Crippen LogP contribution in [0.5, 0.6) is 5.88 Å². The second-order valence-corrected chi connectivity index (χ2v) is 6.04. The van der Waals surface area contributed by atoms with Crippen molar-refractivity contribution in [3.63, 3.8) is 0 Å². The average molecular weight is 329 g/mol. The molecule has 0 bridgehead atoms. The Balaban J connectivity index is 1.59. The molecular formula is C16H19N5O3. The number of rotatable bonds is 3. The Morgan fingerprint density at radius 2 is 2.38 bits per heavy atom. The highest BCUT2D eigenvalue weighted by Gasteiger charge is 2.30. The van der Waals surface area contributed by atoms with Crippen LogP contribution in [0.15, 0.2) is 12.5 Å². The number of carbonyl (C=O) groups is 1. The molecule has 1 unspecified atom stereocenters. The van der Waals surface area contributed by atoms with Crippen molar-refractivity contribution in [1.29, 1.82) is 0 Å². The van der Waals surface area contributed by atoms with E-state index >= 15 is 0 Å². The van der Waals surface area contributed by atoms with Gasteiger partial charge in [-0.05, 0) is 6.42 Å². The molecule has 1 amide bonds. The fourth-order valence-electron chi connectivity index (χ4n) is 3.37. The lowest BCUT2D eigenvalue weighted by atomic mass is 9.99. The Labute approximate surface area is 139 Å². The van der Waals surface area contributed by atoms with Crippen LogP contribution < -0.4 is 4.74 Å². The predicted molar refractivity (Wildman–Crippen MR) is 83.8 cm³/mol. The summed E-state index contributed by atoms with van der Waals surface area (Å²) in [6, 6.07) is 0. The van der Waals surface area contributed by atoms with Crippen LogP contribution in [0, 0.1) is 0 Å². The van der Waals surface area contributed by atoms with Gasteiger partial charge >= 0.3 is 0 Å². The summed E-state index contributed by atoms with van der Waals surface area (Å²) in [6.07, 6.45) is 4.72. The predicted octanol–water partition coefficient (Wildman–Crippen LogP) is 0.911. The van der Waals surface area contributed by atoms with Gasteiger partial charge in [-0.15, -0.1) is 0 Å². The molecule has 0 spiro atoms. The molecule has 2 aromatic heterocycles. The third-order valence-electron chi connectivity index (χ3n) is 4.68. The van der Waals surface area contributed by atoms with Gasteiger partial charge in [0.25, 0.3) is 5.91 Å². The van der Waals surface area contributed by atoms with Crippen molar-refractivity contribution in [3.05, 3.63) is 35.0 Å². The smallest absolute Gasteiger partial charge is 0.257 e. The van der Waals surface area contributed by atoms with Gasteiger partial charge < -0.3 is 14.4 Å². The maximum Gasteiger partial charge on any atom is 0.257 e. The molecular weight excluding hydrogens is 310 g/mol. The third kappa shape index (κ3) is 2.52. The molecule has 2 aliphatic heterocycles. The van der Waals surface area contributed by atoms with Crippen LogP contribution >= 0.6 is 0 Å². The number of nitrogens with one attached hydrogen (secondary N) is 1. The van der Waals surface area contributed by atoms with Crippen LogP contribution in [0.1, 0.15) is 39.6 Å². The van der Waals surface area contributed by atoms with Gasteiger partial charge in [-0.1, -0.05) is 0 Å². The number of aromatic nitrogens is 4. The first kappa shape index (κ1) is 15.1. The van der Waals surface area contributed by atoms with Gasteiger partial charge in [0.15, 0.2) is 0 Å². The van der Waals surface area contributed by atoms with E-state index in [4.69, 9.17) is 9.47 Å². The Kier molecular flexibility index (Phi) is 3.89. The van der Waals surface area contributed by atoms with Crippen molar-refractivity contribution in [2.24, 2.45) is 0 Å².